The number of phosphoric ester groups is 1. The first-order chi connectivity index (χ1) is 23.9. The van der Waals surface area contributed by atoms with Crippen molar-refractivity contribution in [2.45, 2.75) is 223 Å². The van der Waals surface area contributed by atoms with E-state index in [2.05, 4.69) is 19.2 Å². The van der Waals surface area contributed by atoms with Crippen molar-refractivity contribution in [3.63, 3.8) is 0 Å². The Morgan fingerprint density at radius 3 is 1.38 bits per heavy atom. The molecule has 8 N–H and O–H groups in total. The first-order valence-electron chi connectivity index (χ1n) is 20.0. The highest BCUT2D eigenvalue weighted by Gasteiger charge is 2.51. The standard InChI is InChI=1S/C37H74NO11P/c1-3-5-7-9-11-13-14-15-16-17-19-20-22-24-26-30(39)29(38-31(40)27-25-23-21-18-12-10-8-6-4-2)28-48-50(46,47)49-37-35(44)33(42)32(41)34(43)36(37)45/h29-30,32-37,39,41-45H,3-28H2,1-2H3,(H,38,40)(H,46,47)/t29-,30+,32?,33+,34?,35?,36?,37?/m0/s1. The number of nitrogens with one attached hydrogen (secondary N) is 1. The summed E-state index contributed by atoms with van der Waals surface area (Å²) in [4.78, 5) is 23.2. The third-order valence-electron chi connectivity index (χ3n) is 9.92. The van der Waals surface area contributed by atoms with Crippen molar-refractivity contribution in [1.29, 1.82) is 0 Å². The van der Waals surface area contributed by atoms with Crippen LogP contribution in [0.3, 0.4) is 0 Å². The topological polar surface area (TPSA) is 206 Å². The molecule has 0 aliphatic heterocycles. The van der Waals surface area contributed by atoms with Gasteiger partial charge in [-0.3, -0.25) is 13.8 Å². The molecule has 50 heavy (non-hydrogen) atoms. The molecule has 1 fully saturated rings. The molecule has 13 heteroatoms. The fraction of sp³-hybridized carbons (Fsp3) is 0.973. The molecule has 1 saturated carbocycles. The van der Waals surface area contributed by atoms with Gasteiger partial charge in [-0.15, -0.1) is 0 Å². The lowest BCUT2D eigenvalue weighted by atomic mass is 9.85. The summed E-state index contributed by atoms with van der Waals surface area (Å²) in [6.45, 7) is 3.83. The average Bonchev–Trinajstić information content (AvgIpc) is 3.09. The second kappa shape index (κ2) is 28.8. The van der Waals surface area contributed by atoms with E-state index in [1.165, 1.54) is 96.3 Å². The molecule has 1 aliphatic carbocycles. The van der Waals surface area contributed by atoms with E-state index in [-0.39, 0.29) is 12.3 Å². The third-order valence-corrected chi connectivity index (χ3v) is 10.9. The summed E-state index contributed by atoms with van der Waals surface area (Å²) in [6.07, 6.45) is 14.4. The van der Waals surface area contributed by atoms with E-state index >= 15 is 0 Å². The minimum absolute atomic E-state index is 0.240. The zero-order chi connectivity index (χ0) is 37.2. The second-order valence-electron chi connectivity index (χ2n) is 14.5. The number of phosphoric acid groups is 1. The van der Waals surface area contributed by atoms with Crippen LogP contribution in [0.15, 0.2) is 0 Å². The molecule has 1 aliphatic rings. The van der Waals surface area contributed by atoms with Crippen LogP contribution < -0.4 is 5.32 Å². The number of amides is 1. The van der Waals surface area contributed by atoms with Gasteiger partial charge in [-0.25, -0.2) is 4.57 Å². The van der Waals surface area contributed by atoms with E-state index in [1.54, 1.807) is 0 Å². The van der Waals surface area contributed by atoms with Crippen LogP contribution in [-0.2, 0) is 18.4 Å². The van der Waals surface area contributed by atoms with Crippen molar-refractivity contribution in [2.24, 2.45) is 0 Å². The van der Waals surface area contributed by atoms with E-state index in [9.17, 15) is 44.9 Å². The van der Waals surface area contributed by atoms with Crippen LogP contribution in [0.2, 0.25) is 0 Å². The quantitative estimate of drug-likeness (QED) is 0.0299. The maximum Gasteiger partial charge on any atom is 0.472 e. The molecule has 1 amide bonds. The third kappa shape index (κ3) is 21.1. The fourth-order valence-electron chi connectivity index (χ4n) is 6.55. The Balaban J connectivity index is 2.54. The van der Waals surface area contributed by atoms with Crippen LogP contribution in [-0.4, -0.2) is 96.8 Å². The van der Waals surface area contributed by atoms with Crippen LogP contribution in [0.1, 0.15) is 174 Å². The van der Waals surface area contributed by atoms with Crippen LogP contribution in [0.25, 0.3) is 0 Å². The average molecular weight is 740 g/mol. The molecule has 0 radical (unpaired) electrons. The molecule has 12 nitrogen and oxygen atoms in total. The van der Waals surface area contributed by atoms with Gasteiger partial charge in [0.2, 0.25) is 5.91 Å². The number of carbonyl (C=O) groups excluding carboxylic acids is 1. The van der Waals surface area contributed by atoms with Gasteiger partial charge in [0.25, 0.3) is 0 Å². The predicted molar refractivity (Wildman–Crippen MR) is 195 cm³/mol. The van der Waals surface area contributed by atoms with Crippen LogP contribution >= 0.6 is 7.82 Å². The number of unbranched alkanes of at least 4 members (excludes halogenated alkanes) is 21. The Hall–Kier alpha value is -0.660. The molecule has 9 atom stereocenters. The summed E-state index contributed by atoms with van der Waals surface area (Å²) in [5.74, 6) is -0.311. The molecule has 0 spiro atoms. The molecule has 6 unspecified atom stereocenters. The van der Waals surface area contributed by atoms with Gasteiger partial charge in [-0.05, 0) is 12.8 Å². The normalized spacial score (nSPS) is 24.9. The van der Waals surface area contributed by atoms with Crippen LogP contribution in [0, 0.1) is 0 Å². The zero-order valence-corrected chi connectivity index (χ0v) is 32.1. The van der Waals surface area contributed by atoms with Gasteiger partial charge in [0.1, 0.15) is 36.6 Å². The van der Waals surface area contributed by atoms with Gasteiger partial charge in [-0.1, -0.05) is 155 Å². The van der Waals surface area contributed by atoms with Crippen LogP contribution in [0.5, 0.6) is 0 Å². The Morgan fingerprint density at radius 2 is 0.960 bits per heavy atom. The number of hydrogen-bond acceptors (Lipinski definition) is 10. The summed E-state index contributed by atoms with van der Waals surface area (Å²) in [5, 5.41) is 63.8. The predicted octanol–water partition coefficient (Wildman–Crippen LogP) is 5.94. The number of hydrogen-bond donors (Lipinski definition) is 8. The molecular weight excluding hydrogens is 665 g/mol. The number of aliphatic hydroxyl groups excluding tert-OH is 6. The van der Waals surface area contributed by atoms with E-state index in [0.29, 0.717) is 19.3 Å². The van der Waals surface area contributed by atoms with Gasteiger partial charge in [0.15, 0.2) is 0 Å². The van der Waals surface area contributed by atoms with Gasteiger partial charge in [-0.2, -0.15) is 0 Å². The van der Waals surface area contributed by atoms with Gasteiger partial charge < -0.3 is 40.8 Å². The smallest absolute Gasteiger partial charge is 0.391 e. The molecule has 0 aromatic rings. The summed E-state index contributed by atoms with van der Waals surface area (Å²) in [6, 6.07) is -1.02. The molecule has 0 saturated heterocycles. The van der Waals surface area contributed by atoms with Crippen molar-refractivity contribution >= 4 is 13.7 Å². The van der Waals surface area contributed by atoms with Crippen molar-refractivity contribution in [2.75, 3.05) is 6.61 Å². The number of aliphatic hydroxyl groups is 6. The highest BCUT2D eigenvalue weighted by molar-refractivity contribution is 7.47. The van der Waals surface area contributed by atoms with E-state index in [4.69, 9.17) is 9.05 Å². The second-order valence-corrected chi connectivity index (χ2v) is 15.9. The van der Waals surface area contributed by atoms with Gasteiger partial charge in [0, 0.05) is 6.42 Å². The van der Waals surface area contributed by atoms with Crippen molar-refractivity contribution in [3.05, 3.63) is 0 Å². The lowest BCUT2D eigenvalue weighted by molar-refractivity contribution is -0.220. The molecule has 0 aromatic carbocycles. The lowest BCUT2D eigenvalue weighted by Crippen LogP contribution is -2.64. The monoisotopic (exact) mass is 739 g/mol. The number of carbonyl (C=O) groups is 1. The molecular formula is C37H74NO11P. The summed E-state index contributed by atoms with van der Waals surface area (Å²) < 4.78 is 22.8. The van der Waals surface area contributed by atoms with Gasteiger partial charge >= 0.3 is 7.82 Å². The molecule has 298 valence electrons. The van der Waals surface area contributed by atoms with Crippen molar-refractivity contribution in [3.8, 4) is 0 Å². The highest BCUT2D eigenvalue weighted by atomic mass is 31.2. The van der Waals surface area contributed by atoms with Crippen molar-refractivity contribution < 1.29 is 53.9 Å². The summed E-state index contributed by atoms with van der Waals surface area (Å²) in [7, 11) is -5.04. The van der Waals surface area contributed by atoms with E-state index in [0.717, 1.165) is 38.5 Å². The molecule has 1 rings (SSSR count). The first kappa shape index (κ1) is 47.4. The Labute approximate surface area is 302 Å². The maximum atomic E-state index is 12.8. The van der Waals surface area contributed by atoms with E-state index < -0.39 is 63.2 Å². The molecule has 0 aromatic heterocycles. The van der Waals surface area contributed by atoms with Crippen LogP contribution in [0.4, 0.5) is 0 Å². The largest absolute Gasteiger partial charge is 0.472 e. The zero-order valence-electron chi connectivity index (χ0n) is 31.2. The van der Waals surface area contributed by atoms with Crippen molar-refractivity contribution in [1.82, 2.24) is 5.32 Å². The highest BCUT2D eigenvalue weighted by Crippen LogP contribution is 2.47. The maximum absolute atomic E-state index is 12.8. The minimum atomic E-state index is -5.04. The Morgan fingerprint density at radius 1 is 0.600 bits per heavy atom. The lowest BCUT2D eigenvalue weighted by Gasteiger charge is -2.41. The SMILES string of the molecule is CCCCCCCCCCCCCCCC[C@@H](O)[C@H](COP(=O)(O)OC1C(O)C(O)C(O)[C@@H](O)C1O)NC(=O)CCCCCCCCCCC. The minimum Gasteiger partial charge on any atom is -0.391 e. The van der Waals surface area contributed by atoms with Gasteiger partial charge in [0.05, 0.1) is 18.8 Å². The number of rotatable bonds is 32. The molecule has 0 bridgehead atoms. The Kier molecular flexibility index (Phi) is 27.3. The Bertz CT molecular complexity index is 868. The molecule has 0 heterocycles. The fourth-order valence-corrected chi connectivity index (χ4v) is 7.52. The first-order valence-corrected chi connectivity index (χ1v) is 21.5. The summed E-state index contributed by atoms with van der Waals surface area (Å²) >= 11 is 0. The van der Waals surface area contributed by atoms with E-state index in [1.807, 2.05) is 0 Å². The summed E-state index contributed by atoms with van der Waals surface area (Å²) in [5.41, 5.74) is 0.